The van der Waals surface area contributed by atoms with Crippen molar-refractivity contribution in [2.24, 2.45) is 5.41 Å². The SMILES string of the molecule is OCC1(CNC2CCN(c3ccccc3)C2)CCCC1. The summed E-state index contributed by atoms with van der Waals surface area (Å²) in [5.41, 5.74) is 1.50. The highest BCUT2D eigenvalue weighted by atomic mass is 16.3. The van der Waals surface area contributed by atoms with Crippen LogP contribution < -0.4 is 10.2 Å². The summed E-state index contributed by atoms with van der Waals surface area (Å²) < 4.78 is 0. The summed E-state index contributed by atoms with van der Waals surface area (Å²) >= 11 is 0. The molecule has 20 heavy (non-hydrogen) atoms. The van der Waals surface area contributed by atoms with Gasteiger partial charge in [-0.3, -0.25) is 0 Å². The number of benzene rings is 1. The summed E-state index contributed by atoms with van der Waals surface area (Å²) in [6.07, 6.45) is 6.14. The fourth-order valence-electron chi connectivity index (χ4n) is 3.68. The van der Waals surface area contributed by atoms with Gasteiger partial charge < -0.3 is 15.3 Å². The summed E-state index contributed by atoms with van der Waals surface area (Å²) in [5, 5.41) is 13.4. The monoisotopic (exact) mass is 274 g/mol. The van der Waals surface area contributed by atoms with Crippen LogP contribution in [0.15, 0.2) is 30.3 Å². The van der Waals surface area contributed by atoms with Crippen LogP contribution in [0.3, 0.4) is 0 Å². The van der Waals surface area contributed by atoms with E-state index in [1.54, 1.807) is 0 Å². The lowest BCUT2D eigenvalue weighted by molar-refractivity contribution is 0.125. The molecular weight excluding hydrogens is 248 g/mol. The Morgan fingerprint density at radius 3 is 2.65 bits per heavy atom. The predicted molar refractivity (Wildman–Crippen MR) is 83.0 cm³/mol. The lowest BCUT2D eigenvalue weighted by Crippen LogP contribution is -2.41. The molecule has 0 amide bonds. The first-order valence-electron chi connectivity index (χ1n) is 7.96. The van der Waals surface area contributed by atoms with E-state index in [0.29, 0.717) is 12.6 Å². The fourth-order valence-corrected chi connectivity index (χ4v) is 3.68. The Balaban J connectivity index is 1.51. The number of aliphatic hydroxyl groups excluding tert-OH is 1. The Morgan fingerprint density at radius 1 is 1.20 bits per heavy atom. The molecule has 3 nitrogen and oxygen atoms in total. The van der Waals surface area contributed by atoms with Crippen molar-refractivity contribution in [1.82, 2.24) is 5.32 Å². The van der Waals surface area contributed by atoms with Gasteiger partial charge >= 0.3 is 0 Å². The molecular formula is C17H26N2O. The number of para-hydroxylation sites is 1. The van der Waals surface area contributed by atoms with Crippen LogP contribution >= 0.6 is 0 Å². The normalized spacial score (nSPS) is 25.2. The number of hydrogen-bond acceptors (Lipinski definition) is 3. The summed E-state index contributed by atoms with van der Waals surface area (Å²) in [6, 6.07) is 11.2. The average Bonchev–Trinajstić information content (AvgIpc) is 3.16. The summed E-state index contributed by atoms with van der Waals surface area (Å²) in [5.74, 6) is 0. The number of anilines is 1. The van der Waals surface area contributed by atoms with E-state index in [1.165, 1.54) is 37.8 Å². The molecule has 1 aliphatic heterocycles. The van der Waals surface area contributed by atoms with Crippen LogP contribution in [-0.4, -0.2) is 37.4 Å². The molecule has 2 fully saturated rings. The minimum absolute atomic E-state index is 0.167. The Kier molecular flexibility index (Phi) is 4.27. The third-order valence-corrected chi connectivity index (χ3v) is 5.07. The summed E-state index contributed by atoms with van der Waals surface area (Å²) in [6.45, 7) is 3.55. The van der Waals surface area contributed by atoms with Crippen LogP contribution in [0.2, 0.25) is 0 Å². The van der Waals surface area contributed by atoms with Crippen molar-refractivity contribution in [3.05, 3.63) is 30.3 Å². The maximum absolute atomic E-state index is 9.67. The third kappa shape index (κ3) is 2.99. The zero-order valence-corrected chi connectivity index (χ0v) is 12.2. The molecule has 1 unspecified atom stereocenters. The molecule has 1 saturated carbocycles. The second kappa shape index (κ2) is 6.15. The van der Waals surface area contributed by atoms with Gasteiger partial charge in [-0.1, -0.05) is 31.0 Å². The summed E-state index contributed by atoms with van der Waals surface area (Å²) in [7, 11) is 0. The highest BCUT2D eigenvalue weighted by molar-refractivity contribution is 5.47. The van der Waals surface area contributed by atoms with E-state index in [2.05, 4.69) is 40.5 Å². The Bertz CT molecular complexity index is 414. The zero-order valence-electron chi connectivity index (χ0n) is 12.2. The lowest BCUT2D eigenvalue weighted by Gasteiger charge is -2.28. The molecule has 0 aromatic heterocycles. The summed E-state index contributed by atoms with van der Waals surface area (Å²) in [4.78, 5) is 2.46. The molecule has 1 aromatic rings. The lowest BCUT2D eigenvalue weighted by atomic mass is 9.87. The van der Waals surface area contributed by atoms with Crippen LogP contribution in [0, 0.1) is 5.41 Å². The average molecular weight is 274 g/mol. The Labute approximate surface area is 122 Å². The van der Waals surface area contributed by atoms with Crippen LogP contribution in [0.4, 0.5) is 5.69 Å². The molecule has 1 aliphatic carbocycles. The predicted octanol–water partition coefficient (Wildman–Crippen LogP) is 2.41. The van der Waals surface area contributed by atoms with E-state index in [1.807, 2.05) is 0 Å². The van der Waals surface area contributed by atoms with Gasteiger partial charge in [0, 0.05) is 43.4 Å². The molecule has 1 heterocycles. The van der Waals surface area contributed by atoms with Gasteiger partial charge in [0.05, 0.1) is 0 Å². The topological polar surface area (TPSA) is 35.5 Å². The van der Waals surface area contributed by atoms with Gasteiger partial charge in [0.25, 0.3) is 0 Å². The van der Waals surface area contributed by atoms with Gasteiger partial charge in [-0.05, 0) is 31.4 Å². The highest BCUT2D eigenvalue weighted by Crippen LogP contribution is 2.37. The first-order valence-corrected chi connectivity index (χ1v) is 7.96. The quantitative estimate of drug-likeness (QED) is 0.865. The third-order valence-electron chi connectivity index (χ3n) is 5.07. The van der Waals surface area contributed by atoms with Gasteiger partial charge in [-0.15, -0.1) is 0 Å². The van der Waals surface area contributed by atoms with E-state index >= 15 is 0 Å². The molecule has 0 spiro atoms. The zero-order chi connectivity index (χ0) is 13.8. The van der Waals surface area contributed by atoms with Crippen molar-refractivity contribution in [3.63, 3.8) is 0 Å². The van der Waals surface area contributed by atoms with E-state index in [9.17, 15) is 5.11 Å². The van der Waals surface area contributed by atoms with Crippen LogP contribution in [-0.2, 0) is 0 Å². The Hall–Kier alpha value is -1.06. The largest absolute Gasteiger partial charge is 0.396 e. The fraction of sp³-hybridized carbons (Fsp3) is 0.647. The van der Waals surface area contributed by atoms with Crippen molar-refractivity contribution in [3.8, 4) is 0 Å². The molecule has 3 rings (SSSR count). The Morgan fingerprint density at radius 2 is 1.95 bits per heavy atom. The van der Waals surface area contributed by atoms with Crippen molar-refractivity contribution in [1.29, 1.82) is 0 Å². The first kappa shape index (κ1) is 13.9. The second-order valence-electron chi connectivity index (χ2n) is 6.51. The standard InChI is InChI=1S/C17H26N2O/c20-14-17(9-4-5-10-17)13-18-15-8-11-19(12-15)16-6-2-1-3-7-16/h1-3,6-7,15,18,20H,4-5,8-14H2. The van der Waals surface area contributed by atoms with Gasteiger partial charge in [0.15, 0.2) is 0 Å². The number of hydrogen-bond donors (Lipinski definition) is 2. The first-order chi connectivity index (χ1) is 9.81. The molecule has 0 bridgehead atoms. The number of aliphatic hydroxyl groups is 1. The second-order valence-corrected chi connectivity index (χ2v) is 6.51. The molecule has 2 aliphatic rings. The van der Waals surface area contributed by atoms with E-state index in [-0.39, 0.29) is 5.41 Å². The molecule has 3 heteroatoms. The van der Waals surface area contributed by atoms with Gasteiger partial charge in [-0.25, -0.2) is 0 Å². The van der Waals surface area contributed by atoms with Crippen LogP contribution in [0.25, 0.3) is 0 Å². The van der Waals surface area contributed by atoms with E-state index in [4.69, 9.17) is 0 Å². The molecule has 110 valence electrons. The van der Waals surface area contributed by atoms with Crippen molar-refractivity contribution in [2.45, 2.75) is 38.1 Å². The van der Waals surface area contributed by atoms with Gasteiger partial charge in [0.1, 0.15) is 0 Å². The maximum Gasteiger partial charge on any atom is 0.0499 e. The van der Waals surface area contributed by atoms with Crippen molar-refractivity contribution in [2.75, 3.05) is 31.1 Å². The smallest absolute Gasteiger partial charge is 0.0499 e. The van der Waals surface area contributed by atoms with Crippen LogP contribution in [0.1, 0.15) is 32.1 Å². The van der Waals surface area contributed by atoms with Gasteiger partial charge in [-0.2, -0.15) is 0 Å². The van der Waals surface area contributed by atoms with Crippen molar-refractivity contribution < 1.29 is 5.11 Å². The molecule has 1 saturated heterocycles. The maximum atomic E-state index is 9.67. The van der Waals surface area contributed by atoms with E-state index in [0.717, 1.165) is 19.6 Å². The molecule has 2 N–H and O–H groups in total. The number of rotatable bonds is 5. The minimum atomic E-state index is 0.167. The number of nitrogens with zero attached hydrogens (tertiary/aromatic N) is 1. The van der Waals surface area contributed by atoms with Crippen LogP contribution in [0.5, 0.6) is 0 Å². The molecule has 0 radical (unpaired) electrons. The number of nitrogens with one attached hydrogen (secondary N) is 1. The minimum Gasteiger partial charge on any atom is -0.396 e. The van der Waals surface area contributed by atoms with Crippen molar-refractivity contribution >= 4 is 5.69 Å². The van der Waals surface area contributed by atoms with E-state index < -0.39 is 0 Å². The molecule has 1 atom stereocenters. The molecule has 1 aromatic carbocycles. The van der Waals surface area contributed by atoms with Gasteiger partial charge in [0.2, 0.25) is 0 Å². The highest BCUT2D eigenvalue weighted by Gasteiger charge is 2.34.